The van der Waals surface area contributed by atoms with Crippen LogP contribution in [-0.2, 0) is 11.3 Å². The van der Waals surface area contributed by atoms with Crippen LogP contribution in [0.15, 0.2) is 22.7 Å². The van der Waals surface area contributed by atoms with Crippen molar-refractivity contribution in [2.24, 2.45) is 29.6 Å². The number of rotatable bonds is 5. The molecule has 4 atom stereocenters. The molecule has 3 nitrogen and oxygen atoms in total. The molecule has 0 radical (unpaired) electrons. The second kappa shape index (κ2) is 5.85. The lowest BCUT2D eigenvalue weighted by Gasteiger charge is -2.24. The van der Waals surface area contributed by atoms with Crippen LogP contribution in [0.3, 0.4) is 0 Å². The van der Waals surface area contributed by atoms with Gasteiger partial charge < -0.3 is 10.0 Å². The van der Waals surface area contributed by atoms with Gasteiger partial charge in [-0.25, -0.2) is 4.39 Å². The van der Waals surface area contributed by atoms with Gasteiger partial charge in [-0.05, 0) is 61.1 Å². The lowest BCUT2D eigenvalue weighted by molar-refractivity contribution is -0.134. The van der Waals surface area contributed by atoms with E-state index in [4.69, 9.17) is 0 Å². The van der Waals surface area contributed by atoms with E-state index in [0.29, 0.717) is 17.4 Å². The van der Waals surface area contributed by atoms with Crippen LogP contribution >= 0.6 is 15.9 Å². The quantitative estimate of drug-likeness (QED) is 0.850. The fourth-order valence-corrected chi connectivity index (χ4v) is 5.53. The molecule has 1 aromatic carbocycles. The third kappa shape index (κ3) is 2.62. The number of hydrogen-bond donors (Lipinski definition) is 1. The molecule has 1 amide bonds. The van der Waals surface area contributed by atoms with Gasteiger partial charge >= 0.3 is 0 Å². The molecule has 0 aromatic heterocycles. The number of hydrogen-bond acceptors (Lipinski definition) is 2. The Hall–Kier alpha value is -0.940. The molecule has 0 spiro atoms. The fraction of sp³-hybridized carbons (Fsp3) is 0.611. The van der Waals surface area contributed by atoms with E-state index in [1.807, 2.05) is 0 Å². The summed E-state index contributed by atoms with van der Waals surface area (Å²) in [5.74, 6) is 2.53. The van der Waals surface area contributed by atoms with Gasteiger partial charge in [-0.15, -0.1) is 0 Å². The van der Waals surface area contributed by atoms with E-state index in [1.165, 1.54) is 25.3 Å². The Balaban J connectivity index is 1.50. The smallest absolute Gasteiger partial charge is 0.226 e. The molecule has 3 aliphatic rings. The van der Waals surface area contributed by atoms with Gasteiger partial charge in [0.15, 0.2) is 0 Å². The van der Waals surface area contributed by atoms with Crippen molar-refractivity contribution in [3.05, 3.63) is 34.1 Å². The number of halogens is 2. The summed E-state index contributed by atoms with van der Waals surface area (Å²) < 4.78 is 14.8. The maximum Gasteiger partial charge on any atom is 0.226 e. The summed E-state index contributed by atoms with van der Waals surface area (Å²) >= 11 is 3.35. The van der Waals surface area contributed by atoms with E-state index >= 15 is 0 Å². The van der Waals surface area contributed by atoms with E-state index < -0.39 is 0 Å². The van der Waals surface area contributed by atoms with Gasteiger partial charge in [0.1, 0.15) is 5.82 Å². The zero-order valence-electron chi connectivity index (χ0n) is 12.9. The summed E-state index contributed by atoms with van der Waals surface area (Å²) in [7, 11) is 0. The average Bonchev–Trinajstić information content (AvgIpc) is 2.96. The number of aliphatic hydroxyl groups is 1. The normalized spacial score (nSPS) is 33.6. The average molecular weight is 382 g/mol. The van der Waals surface area contributed by atoms with E-state index in [1.54, 1.807) is 17.0 Å². The second-order valence-electron chi connectivity index (χ2n) is 7.23. The van der Waals surface area contributed by atoms with Gasteiger partial charge in [0.05, 0.1) is 6.61 Å². The number of carbonyl (C=O) groups is 1. The first-order valence-corrected chi connectivity index (χ1v) is 9.23. The van der Waals surface area contributed by atoms with Crippen molar-refractivity contribution in [1.82, 2.24) is 4.90 Å². The number of carbonyl (C=O) groups excluding carboxylic acids is 1. The van der Waals surface area contributed by atoms with Crippen molar-refractivity contribution in [3.63, 3.8) is 0 Å². The molecule has 0 heterocycles. The zero-order chi connectivity index (χ0) is 16.1. The summed E-state index contributed by atoms with van der Waals surface area (Å²) in [6, 6.07) is 4.78. The summed E-state index contributed by atoms with van der Waals surface area (Å²) in [6.45, 7) is 0.419. The van der Waals surface area contributed by atoms with Crippen LogP contribution in [0.5, 0.6) is 0 Å². The first kappa shape index (κ1) is 15.6. The molecule has 5 heteroatoms. The predicted molar refractivity (Wildman–Crippen MR) is 87.9 cm³/mol. The zero-order valence-corrected chi connectivity index (χ0v) is 14.5. The lowest BCUT2D eigenvalue weighted by Crippen LogP contribution is -2.36. The molecule has 1 aromatic rings. The Kier molecular flexibility index (Phi) is 3.96. The van der Waals surface area contributed by atoms with Crippen molar-refractivity contribution in [2.75, 3.05) is 13.2 Å². The van der Waals surface area contributed by atoms with Crippen LogP contribution < -0.4 is 0 Å². The highest BCUT2D eigenvalue weighted by Crippen LogP contribution is 2.69. The molecule has 2 bridgehead atoms. The molecule has 124 valence electrons. The van der Waals surface area contributed by atoms with Crippen molar-refractivity contribution in [2.45, 2.75) is 25.8 Å². The Labute approximate surface area is 144 Å². The molecule has 0 saturated heterocycles. The lowest BCUT2D eigenvalue weighted by atomic mass is 10.0. The van der Waals surface area contributed by atoms with Crippen LogP contribution in [0.2, 0.25) is 0 Å². The molecule has 3 aliphatic carbocycles. The standard InChI is InChI=1S/C18H21BrFNO2/c19-13-3-4-14(20)12(8-13)9-21(5-6-22)18(23)17-15-10-1-2-11(7-10)16(15)17/h3-4,8,10-11,15-17,22H,1-2,5-7,9H2. The molecule has 1 N–H and O–H groups in total. The van der Waals surface area contributed by atoms with Crippen molar-refractivity contribution < 1.29 is 14.3 Å². The molecular formula is C18H21BrFNO2. The first-order valence-electron chi connectivity index (χ1n) is 8.43. The third-order valence-electron chi connectivity index (χ3n) is 6.07. The highest BCUT2D eigenvalue weighted by atomic mass is 79.9. The summed E-state index contributed by atoms with van der Waals surface area (Å²) in [5, 5.41) is 9.31. The number of fused-ring (bicyclic) bond motifs is 5. The van der Waals surface area contributed by atoms with Crippen LogP contribution in [0.25, 0.3) is 0 Å². The highest BCUT2D eigenvalue weighted by Gasteiger charge is 2.67. The summed E-state index contributed by atoms with van der Waals surface area (Å²) in [6.07, 6.45) is 3.85. The van der Waals surface area contributed by atoms with E-state index in [2.05, 4.69) is 15.9 Å². The molecule has 4 unspecified atom stereocenters. The van der Waals surface area contributed by atoms with Gasteiger partial charge in [-0.2, -0.15) is 0 Å². The largest absolute Gasteiger partial charge is 0.395 e. The van der Waals surface area contributed by atoms with Gasteiger partial charge in [0, 0.05) is 29.0 Å². The maximum atomic E-state index is 14.0. The second-order valence-corrected chi connectivity index (χ2v) is 8.15. The Bertz CT molecular complexity index is 621. The number of benzene rings is 1. The Morgan fingerprint density at radius 2 is 2.00 bits per heavy atom. The van der Waals surface area contributed by atoms with Gasteiger partial charge in [-0.1, -0.05) is 15.9 Å². The molecular weight excluding hydrogens is 361 g/mol. The summed E-state index contributed by atoms with van der Waals surface area (Å²) in [5.41, 5.74) is 0.495. The van der Waals surface area contributed by atoms with Gasteiger partial charge in [-0.3, -0.25) is 4.79 Å². The van der Waals surface area contributed by atoms with Gasteiger partial charge in [0.25, 0.3) is 0 Å². The number of nitrogens with zero attached hydrogens (tertiary/aromatic N) is 1. The molecule has 0 aliphatic heterocycles. The SMILES string of the molecule is O=C(C1C2C3CCC(C3)C12)N(CCO)Cc1cc(Br)ccc1F. The van der Waals surface area contributed by atoms with E-state index in [0.717, 1.165) is 16.3 Å². The maximum absolute atomic E-state index is 14.0. The topological polar surface area (TPSA) is 40.5 Å². The van der Waals surface area contributed by atoms with Gasteiger partial charge in [0.2, 0.25) is 5.91 Å². The van der Waals surface area contributed by atoms with E-state index in [9.17, 15) is 14.3 Å². The fourth-order valence-electron chi connectivity index (χ4n) is 5.12. The summed E-state index contributed by atoms with van der Waals surface area (Å²) in [4.78, 5) is 14.6. The first-order chi connectivity index (χ1) is 11.1. The van der Waals surface area contributed by atoms with Crippen molar-refractivity contribution in [1.29, 1.82) is 0 Å². The van der Waals surface area contributed by atoms with Crippen LogP contribution in [-0.4, -0.2) is 29.1 Å². The van der Waals surface area contributed by atoms with Crippen molar-refractivity contribution >= 4 is 21.8 Å². The minimum atomic E-state index is -0.306. The number of amides is 1. The third-order valence-corrected chi connectivity index (χ3v) is 6.56. The predicted octanol–water partition coefficient (Wildman–Crippen LogP) is 3.20. The monoisotopic (exact) mass is 381 g/mol. The Morgan fingerprint density at radius 1 is 1.30 bits per heavy atom. The van der Waals surface area contributed by atoms with E-state index in [-0.39, 0.29) is 37.3 Å². The molecule has 4 rings (SSSR count). The highest BCUT2D eigenvalue weighted by molar-refractivity contribution is 9.10. The Morgan fingerprint density at radius 3 is 2.65 bits per heavy atom. The van der Waals surface area contributed by atoms with Crippen LogP contribution in [0.1, 0.15) is 24.8 Å². The molecule has 3 saturated carbocycles. The number of aliphatic hydroxyl groups excluding tert-OH is 1. The van der Waals surface area contributed by atoms with Crippen molar-refractivity contribution in [3.8, 4) is 0 Å². The molecule has 23 heavy (non-hydrogen) atoms. The minimum absolute atomic E-state index is 0.0870. The van der Waals surface area contributed by atoms with Crippen LogP contribution in [0.4, 0.5) is 4.39 Å². The van der Waals surface area contributed by atoms with Crippen LogP contribution in [0, 0.1) is 35.4 Å². The minimum Gasteiger partial charge on any atom is -0.395 e. The molecule has 3 fully saturated rings.